The van der Waals surface area contributed by atoms with Gasteiger partial charge in [-0.2, -0.15) is 0 Å². The maximum Gasteiger partial charge on any atom is 0.233 e. The predicted molar refractivity (Wildman–Crippen MR) is 107 cm³/mol. The van der Waals surface area contributed by atoms with Crippen LogP contribution in [-0.4, -0.2) is 48.9 Å². The normalized spacial score (nSPS) is 32.8. The van der Waals surface area contributed by atoms with Gasteiger partial charge >= 0.3 is 0 Å². The van der Waals surface area contributed by atoms with Gasteiger partial charge in [-0.15, -0.1) is 24.0 Å². The second kappa shape index (κ2) is 7.63. The molecular weight excluding hydrogens is 431 g/mol. The van der Waals surface area contributed by atoms with Crippen molar-refractivity contribution in [3.63, 3.8) is 0 Å². The molecule has 2 bridgehead atoms. The molecule has 0 aromatic rings. The molecule has 0 aromatic carbocycles. The first-order valence-corrected chi connectivity index (χ1v) is 9.24. The lowest BCUT2D eigenvalue weighted by molar-refractivity contribution is -0.140. The Morgan fingerprint density at radius 1 is 1.16 bits per heavy atom. The van der Waals surface area contributed by atoms with Crippen LogP contribution in [0.25, 0.3) is 0 Å². The number of nitrogens with one attached hydrogen (secondary N) is 2. The highest BCUT2D eigenvalue weighted by Gasteiger charge is 2.58. The van der Waals surface area contributed by atoms with Crippen molar-refractivity contribution in [2.45, 2.75) is 26.2 Å². The molecule has 4 rings (SSSR count). The highest BCUT2D eigenvalue weighted by atomic mass is 127. The molecular formula is C18H27IN4O2. The summed E-state index contributed by atoms with van der Waals surface area (Å²) in [5.74, 6) is 1.97. The molecule has 2 N–H and O–H groups in total. The molecule has 1 saturated heterocycles. The van der Waals surface area contributed by atoms with Crippen molar-refractivity contribution in [3.05, 3.63) is 12.2 Å². The van der Waals surface area contributed by atoms with Gasteiger partial charge in [0.2, 0.25) is 11.8 Å². The zero-order chi connectivity index (χ0) is 16.7. The van der Waals surface area contributed by atoms with Crippen LogP contribution in [0.4, 0.5) is 0 Å². The van der Waals surface area contributed by atoms with Crippen LogP contribution in [0.15, 0.2) is 17.1 Å². The van der Waals surface area contributed by atoms with E-state index in [9.17, 15) is 9.59 Å². The van der Waals surface area contributed by atoms with E-state index in [1.807, 2.05) is 6.92 Å². The van der Waals surface area contributed by atoms with E-state index < -0.39 is 0 Å². The van der Waals surface area contributed by atoms with E-state index in [0.29, 0.717) is 13.1 Å². The quantitative estimate of drug-likeness (QED) is 0.208. The first-order valence-electron chi connectivity index (χ1n) is 9.24. The number of guanidine groups is 1. The fourth-order valence-electron chi connectivity index (χ4n) is 4.33. The number of allylic oxidation sites excluding steroid dienone is 2. The molecule has 138 valence electrons. The zero-order valence-corrected chi connectivity index (χ0v) is 16.9. The number of likely N-dealkylation sites (tertiary alicyclic amines) is 1. The number of hydrogen-bond donors (Lipinski definition) is 2. The molecule has 4 aliphatic rings. The predicted octanol–water partition coefficient (Wildman–Crippen LogP) is 1.38. The van der Waals surface area contributed by atoms with Crippen LogP contribution in [0.1, 0.15) is 26.2 Å². The van der Waals surface area contributed by atoms with Crippen molar-refractivity contribution < 1.29 is 9.59 Å². The Morgan fingerprint density at radius 3 is 2.36 bits per heavy atom. The van der Waals surface area contributed by atoms with E-state index in [0.717, 1.165) is 31.4 Å². The lowest BCUT2D eigenvalue weighted by Crippen LogP contribution is -2.43. The van der Waals surface area contributed by atoms with Gasteiger partial charge in [0.25, 0.3) is 0 Å². The van der Waals surface area contributed by atoms with Crippen molar-refractivity contribution in [1.82, 2.24) is 15.5 Å². The minimum absolute atomic E-state index is 0. The minimum Gasteiger partial charge on any atom is -0.357 e. The SMILES string of the molecule is CCNC(=NCC1CC1)NCCN1C(=O)C2C3C=CC(C3)C2C1=O.I. The van der Waals surface area contributed by atoms with Gasteiger partial charge in [-0.3, -0.25) is 19.5 Å². The van der Waals surface area contributed by atoms with Gasteiger partial charge < -0.3 is 10.6 Å². The molecule has 1 aliphatic heterocycles. The van der Waals surface area contributed by atoms with Crippen molar-refractivity contribution >= 4 is 41.8 Å². The minimum atomic E-state index is -0.0933. The van der Waals surface area contributed by atoms with Gasteiger partial charge in [0, 0.05) is 26.2 Å². The van der Waals surface area contributed by atoms with E-state index >= 15 is 0 Å². The third-order valence-electron chi connectivity index (χ3n) is 5.74. The summed E-state index contributed by atoms with van der Waals surface area (Å²) in [6.07, 6.45) is 7.80. The number of nitrogens with zero attached hydrogens (tertiary/aromatic N) is 2. The Labute approximate surface area is 165 Å². The maximum atomic E-state index is 12.6. The van der Waals surface area contributed by atoms with Gasteiger partial charge in [-0.25, -0.2) is 0 Å². The number of carbonyl (C=O) groups excluding carboxylic acids is 2. The van der Waals surface area contributed by atoms with Crippen LogP contribution in [0, 0.1) is 29.6 Å². The molecule has 2 amide bonds. The van der Waals surface area contributed by atoms with E-state index in [1.165, 1.54) is 17.7 Å². The van der Waals surface area contributed by atoms with Gasteiger partial charge in [-0.1, -0.05) is 12.2 Å². The summed E-state index contributed by atoms with van der Waals surface area (Å²) in [7, 11) is 0. The highest BCUT2D eigenvalue weighted by molar-refractivity contribution is 14.0. The fourth-order valence-corrected chi connectivity index (χ4v) is 4.33. The largest absolute Gasteiger partial charge is 0.357 e. The topological polar surface area (TPSA) is 73.8 Å². The van der Waals surface area contributed by atoms with Crippen molar-refractivity contribution in [1.29, 1.82) is 0 Å². The third kappa shape index (κ3) is 3.57. The second-order valence-electron chi connectivity index (χ2n) is 7.42. The van der Waals surface area contributed by atoms with Crippen molar-refractivity contribution in [2.24, 2.45) is 34.6 Å². The van der Waals surface area contributed by atoms with Crippen molar-refractivity contribution in [3.8, 4) is 0 Å². The number of fused-ring (bicyclic) bond motifs is 5. The van der Waals surface area contributed by atoms with Crippen molar-refractivity contribution in [2.75, 3.05) is 26.2 Å². The summed E-state index contributed by atoms with van der Waals surface area (Å²) in [4.78, 5) is 31.3. The highest BCUT2D eigenvalue weighted by Crippen LogP contribution is 2.52. The lowest BCUT2D eigenvalue weighted by atomic mass is 9.85. The number of rotatable bonds is 6. The molecule has 0 aromatic heterocycles. The number of imide groups is 1. The Bertz CT molecular complexity index is 572. The van der Waals surface area contributed by atoms with Crippen LogP contribution >= 0.6 is 24.0 Å². The summed E-state index contributed by atoms with van der Waals surface area (Å²) in [5, 5.41) is 6.47. The molecule has 6 nitrogen and oxygen atoms in total. The number of amides is 2. The molecule has 4 atom stereocenters. The van der Waals surface area contributed by atoms with Crippen LogP contribution in [0.5, 0.6) is 0 Å². The standard InChI is InChI=1S/C18H26N4O2.HI/c1-2-19-18(21-10-11-3-4-11)20-7-8-22-16(23)14-12-5-6-13(9-12)15(14)17(22)24;/h5-6,11-15H,2-4,7-10H2,1H3,(H2,19,20,21);1H. The summed E-state index contributed by atoms with van der Waals surface area (Å²) in [6.45, 7) is 4.67. The van der Waals surface area contributed by atoms with Crippen LogP contribution in [0.2, 0.25) is 0 Å². The molecule has 0 radical (unpaired) electrons. The Hall–Kier alpha value is -1.12. The molecule has 2 saturated carbocycles. The monoisotopic (exact) mass is 458 g/mol. The molecule has 7 heteroatoms. The molecule has 3 aliphatic carbocycles. The maximum absolute atomic E-state index is 12.6. The number of halogens is 1. The number of hydrogen-bond acceptors (Lipinski definition) is 3. The molecule has 1 heterocycles. The van der Waals surface area contributed by atoms with E-state index in [4.69, 9.17) is 0 Å². The van der Waals surface area contributed by atoms with Crippen LogP contribution < -0.4 is 10.6 Å². The zero-order valence-electron chi connectivity index (χ0n) is 14.6. The smallest absolute Gasteiger partial charge is 0.233 e. The third-order valence-corrected chi connectivity index (χ3v) is 5.74. The average Bonchev–Trinajstić information content (AvgIpc) is 3.09. The van der Waals surface area contributed by atoms with Gasteiger partial charge in [0.1, 0.15) is 0 Å². The Balaban J connectivity index is 0.00000182. The summed E-state index contributed by atoms with van der Waals surface area (Å²) >= 11 is 0. The summed E-state index contributed by atoms with van der Waals surface area (Å²) in [5.41, 5.74) is 0. The molecule has 0 spiro atoms. The van der Waals surface area contributed by atoms with E-state index in [-0.39, 0.29) is 59.5 Å². The van der Waals surface area contributed by atoms with E-state index in [1.54, 1.807) is 0 Å². The van der Waals surface area contributed by atoms with Gasteiger partial charge in [0.05, 0.1) is 11.8 Å². The molecule has 4 unspecified atom stereocenters. The Morgan fingerprint density at radius 2 is 1.80 bits per heavy atom. The number of aliphatic imine (C=N–C) groups is 1. The number of carbonyl (C=O) groups is 2. The van der Waals surface area contributed by atoms with Crippen LogP contribution in [0.3, 0.4) is 0 Å². The molecule has 3 fully saturated rings. The summed E-state index contributed by atoms with van der Waals surface area (Å²) in [6, 6.07) is 0. The van der Waals surface area contributed by atoms with Gasteiger partial charge in [0.15, 0.2) is 5.96 Å². The van der Waals surface area contributed by atoms with E-state index in [2.05, 4.69) is 27.8 Å². The first kappa shape index (κ1) is 18.7. The van der Waals surface area contributed by atoms with Crippen LogP contribution in [-0.2, 0) is 9.59 Å². The lowest BCUT2D eigenvalue weighted by Gasteiger charge is -2.18. The molecule has 25 heavy (non-hydrogen) atoms. The fraction of sp³-hybridized carbons (Fsp3) is 0.722. The second-order valence-corrected chi connectivity index (χ2v) is 7.42. The summed E-state index contributed by atoms with van der Waals surface area (Å²) < 4.78 is 0. The average molecular weight is 458 g/mol. The Kier molecular flexibility index (Phi) is 5.70. The first-order chi connectivity index (χ1) is 11.7. The van der Waals surface area contributed by atoms with Gasteiger partial charge in [-0.05, 0) is 43.9 Å².